The average Bonchev–Trinajstić information content (AvgIpc) is 2.91. The predicted octanol–water partition coefficient (Wildman–Crippen LogP) is 2.49. The summed E-state index contributed by atoms with van der Waals surface area (Å²) in [5.41, 5.74) is 0.914. The van der Waals surface area contributed by atoms with E-state index in [1.165, 1.54) is 0 Å². The van der Waals surface area contributed by atoms with Crippen LogP contribution in [-0.2, 0) is 4.79 Å². The second-order valence-corrected chi connectivity index (χ2v) is 5.34. The van der Waals surface area contributed by atoms with Gasteiger partial charge < -0.3 is 10.6 Å². The first-order valence-corrected chi connectivity index (χ1v) is 7.22. The Labute approximate surface area is 127 Å². The molecule has 5 nitrogen and oxygen atoms in total. The van der Waals surface area contributed by atoms with Crippen LogP contribution in [0.4, 0.5) is 5.82 Å². The molecule has 2 aromatic rings. The Morgan fingerprint density at radius 1 is 1.29 bits per heavy atom. The SMILES string of the molecule is O=C1CCC(CNc2cc(Cl)nc(-c3ccccc3)n2)N1. The lowest BCUT2D eigenvalue weighted by atomic mass is 10.2. The molecule has 1 aromatic heterocycles. The summed E-state index contributed by atoms with van der Waals surface area (Å²) in [5.74, 6) is 1.35. The molecule has 21 heavy (non-hydrogen) atoms. The zero-order chi connectivity index (χ0) is 14.7. The molecule has 1 fully saturated rings. The van der Waals surface area contributed by atoms with Gasteiger partial charge in [0.2, 0.25) is 5.91 Å². The highest BCUT2D eigenvalue weighted by Gasteiger charge is 2.20. The quantitative estimate of drug-likeness (QED) is 0.852. The first-order valence-electron chi connectivity index (χ1n) is 6.84. The molecule has 1 aliphatic rings. The van der Waals surface area contributed by atoms with E-state index in [1.807, 2.05) is 30.3 Å². The summed E-state index contributed by atoms with van der Waals surface area (Å²) >= 11 is 6.06. The van der Waals surface area contributed by atoms with Gasteiger partial charge in [-0.05, 0) is 6.42 Å². The van der Waals surface area contributed by atoms with Gasteiger partial charge in [0.05, 0.1) is 0 Å². The van der Waals surface area contributed by atoms with E-state index < -0.39 is 0 Å². The summed E-state index contributed by atoms with van der Waals surface area (Å²) in [6, 6.07) is 11.5. The Hall–Kier alpha value is -2.14. The molecule has 1 amide bonds. The Morgan fingerprint density at radius 2 is 2.10 bits per heavy atom. The molecule has 1 unspecified atom stereocenters. The summed E-state index contributed by atoms with van der Waals surface area (Å²) in [5, 5.41) is 6.51. The van der Waals surface area contributed by atoms with Gasteiger partial charge in [-0.2, -0.15) is 0 Å². The zero-order valence-electron chi connectivity index (χ0n) is 11.3. The standard InChI is InChI=1S/C15H15ClN4O/c16-12-8-13(17-9-11-6-7-14(21)18-11)20-15(19-12)10-4-2-1-3-5-10/h1-5,8,11H,6-7,9H2,(H,18,21)(H,17,19,20). The van der Waals surface area contributed by atoms with E-state index in [0.717, 1.165) is 12.0 Å². The number of halogens is 1. The fraction of sp³-hybridized carbons (Fsp3) is 0.267. The molecule has 108 valence electrons. The lowest BCUT2D eigenvalue weighted by Gasteiger charge is -2.12. The van der Waals surface area contributed by atoms with Crippen LogP contribution in [0.5, 0.6) is 0 Å². The molecule has 0 radical (unpaired) electrons. The summed E-state index contributed by atoms with van der Waals surface area (Å²) in [6.45, 7) is 0.632. The lowest BCUT2D eigenvalue weighted by Crippen LogP contribution is -2.32. The van der Waals surface area contributed by atoms with Crippen LogP contribution in [-0.4, -0.2) is 28.5 Å². The van der Waals surface area contributed by atoms with Crippen LogP contribution < -0.4 is 10.6 Å². The van der Waals surface area contributed by atoms with E-state index in [1.54, 1.807) is 6.07 Å². The Morgan fingerprint density at radius 3 is 2.81 bits per heavy atom. The van der Waals surface area contributed by atoms with E-state index in [4.69, 9.17) is 11.6 Å². The Bertz CT molecular complexity index is 647. The highest BCUT2D eigenvalue weighted by atomic mass is 35.5. The number of nitrogens with zero attached hydrogens (tertiary/aromatic N) is 2. The van der Waals surface area contributed by atoms with Gasteiger partial charge in [-0.3, -0.25) is 4.79 Å². The van der Waals surface area contributed by atoms with Gasteiger partial charge in [-0.1, -0.05) is 41.9 Å². The summed E-state index contributed by atoms with van der Waals surface area (Å²) in [7, 11) is 0. The molecule has 1 aliphatic heterocycles. The third-order valence-electron chi connectivity index (χ3n) is 3.34. The zero-order valence-corrected chi connectivity index (χ0v) is 12.1. The number of carbonyl (C=O) groups excluding carboxylic acids is 1. The third-order valence-corrected chi connectivity index (χ3v) is 3.54. The van der Waals surface area contributed by atoms with Gasteiger partial charge >= 0.3 is 0 Å². The second-order valence-electron chi connectivity index (χ2n) is 4.95. The molecule has 0 saturated carbocycles. The van der Waals surface area contributed by atoms with Crippen molar-refractivity contribution in [3.63, 3.8) is 0 Å². The number of hydrogen-bond acceptors (Lipinski definition) is 4. The molecule has 6 heteroatoms. The van der Waals surface area contributed by atoms with E-state index in [0.29, 0.717) is 29.8 Å². The average molecular weight is 303 g/mol. The molecular formula is C15H15ClN4O. The van der Waals surface area contributed by atoms with E-state index in [9.17, 15) is 4.79 Å². The fourth-order valence-corrected chi connectivity index (χ4v) is 2.47. The van der Waals surface area contributed by atoms with Crippen LogP contribution in [0.2, 0.25) is 5.15 Å². The fourth-order valence-electron chi connectivity index (χ4n) is 2.28. The van der Waals surface area contributed by atoms with Crippen LogP contribution >= 0.6 is 11.6 Å². The van der Waals surface area contributed by atoms with Crippen molar-refractivity contribution in [1.82, 2.24) is 15.3 Å². The van der Waals surface area contributed by atoms with Gasteiger partial charge in [0.1, 0.15) is 11.0 Å². The smallest absolute Gasteiger partial charge is 0.220 e. The van der Waals surface area contributed by atoms with E-state index >= 15 is 0 Å². The molecule has 1 saturated heterocycles. The minimum atomic E-state index is 0.104. The topological polar surface area (TPSA) is 66.9 Å². The Balaban J connectivity index is 1.74. The van der Waals surface area contributed by atoms with Crippen molar-refractivity contribution in [2.24, 2.45) is 0 Å². The van der Waals surface area contributed by atoms with Crippen molar-refractivity contribution < 1.29 is 4.79 Å². The predicted molar refractivity (Wildman–Crippen MR) is 82.1 cm³/mol. The molecule has 1 aromatic carbocycles. The summed E-state index contributed by atoms with van der Waals surface area (Å²) in [6.07, 6.45) is 1.43. The highest BCUT2D eigenvalue weighted by Crippen LogP contribution is 2.20. The molecule has 2 heterocycles. The number of rotatable bonds is 4. The number of benzene rings is 1. The summed E-state index contributed by atoms with van der Waals surface area (Å²) in [4.78, 5) is 19.9. The van der Waals surface area contributed by atoms with Gasteiger partial charge in [-0.25, -0.2) is 9.97 Å². The molecule has 0 spiro atoms. The van der Waals surface area contributed by atoms with Crippen molar-refractivity contribution in [3.05, 3.63) is 41.6 Å². The maximum Gasteiger partial charge on any atom is 0.220 e. The van der Waals surface area contributed by atoms with Crippen molar-refractivity contribution in [2.45, 2.75) is 18.9 Å². The number of nitrogens with one attached hydrogen (secondary N) is 2. The highest BCUT2D eigenvalue weighted by molar-refractivity contribution is 6.29. The molecule has 0 bridgehead atoms. The maximum atomic E-state index is 11.2. The first-order chi connectivity index (χ1) is 10.2. The normalized spacial score (nSPS) is 17.6. The first kappa shape index (κ1) is 13.8. The molecular weight excluding hydrogens is 288 g/mol. The van der Waals surface area contributed by atoms with Crippen molar-refractivity contribution in [3.8, 4) is 11.4 Å². The molecule has 1 atom stereocenters. The monoisotopic (exact) mass is 302 g/mol. The van der Waals surface area contributed by atoms with Crippen LogP contribution in [0.25, 0.3) is 11.4 Å². The molecule has 0 aliphatic carbocycles. The Kier molecular flexibility index (Phi) is 4.01. The number of anilines is 1. The lowest BCUT2D eigenvalue weighted by molar-refractivity contribution is -0.119. The summed E-state index contributed by atoms with van der Waals surface area (Å²) < 4.78 is 0. The van der Waals surface area contributed by atoms with Crippen molar-refractivity contribution >= 4 is 23.3 Å². The van der Waals surface area contributed by atoms with E-state index in [-0.39, 0.29) is 11.9 Å². The van der Waals surface area contributed by atoms with Gasteiger partial charge in [0.25, 0.3) is 0 Å². The third kappa shape index (κ3) is 3.49. The van der Waals surface area contributed by atoms with Crippen LogP contribution in [0.1, 0.15) is 12.8 Å². The van der Waals surface area contributed by atoms with Crippen LogP contribution in [0, 0.1) is 0 Å². The van der Waals surface area contributed by atoms with Crippen molar-refractivity contribution in [1.29, 1.82) is 0 Å². The number of carbonyl (C=O) groups is 1. The van der Waals surface area contributed by atoms with E-state index in [2.05, 4.69) is 20.6 Å². The molecule has 2 N–H and O–H groups in total. The number of amides is 1. The number of aromatic nitrogens is 2. The van der Waals surface area contributed by atoms with Gasteiger partial charge in [0, 0.05) is 30.6 Å². The number of hydrogen-bond donors (Lipinski definition) is 2. The maximum absolute atomic E-state index is 11.2. The minimum Gasteiger partial charge on any atom is -0.368 e. The van der Waals surface area contributed by atoms with Gasteiger partial charge in [-0.15, -0.1) is 0 Å². The van der Waals surface area contributed by atoms with Crippen LogP contribution in [0.15, 0.2) is 36.4 Å². The minimum absolute atomic E-state index is 0.104. The molecule has 3 rings (SSSR count). The second kappa shape index (κ2) is 6.10. The van der Waals surface area contributed by atoms with Crippen LogP contribution in [0.3, 0.4) is 0 Å². The van der Waals surface area contributed by atoms with Crippen molar-refractivity contribution in [2.75, 3.05) is 11.9 Å². The van der Waals surface area contributed by atoms with Gasteiger partial charge in [0.15, 0.2) is 5.82 Å². The largest absolute Gasteiger partial charge is 0.368 e.